The molecule has 2 aromatic rings. The summed E-state index contributed by atoms with van der Waals surface area (Å²) in [5.74, 6) is 1.22. The number of likely N-dealkylation sites (tertiary alicyclic amines) is 1. The van der Waals surface area contributed by atoms with Crippen LogP contribution in [0.3, 0.4) is 0 Å². The molecule has 0 saturated carbocycles. The van der Waals surface area contributed by atoms with E-state index in [4.69, 9.17) is 9.47 Å². The van der Waals surface area contributed by atoms with Crippen molar-refractivity contribution in [2.24, 2.45) is 0 Å². The van der Waals surface area contributed by atoms with E-state index in [2.05, 4.69) is 41.1 Å². The molecule has 2 aromatic carbocycles. The van der Waals surface area contributed by atoms with Crippen LogP contribution in [-0.2, 0) is 13.0 Å². The van der Waals surface area contributed by atoms with E-state index in [9.17, 15) is 9.90 Å². The second kappa shape index (κ2) is 10.3. The summed E-state index contributed by atoms with van der Waals surface area (Å²) in [6.45, 7) is 5.54. The number of β-amino-alcohol motifs (C(OH)–C–C–N with tert-alkyl or cyclic N) is 1. The van der Waals surface area contributed by atoms with Gasteiger partial charge in [-0.3, -0.25) is 9.69 Å². The smallest absolute Gasteiger partial charge is 0.257 e. The molecule has 3 aliphatic heterocycles. The standard InChI is InChI=1S/C27H35N3O4/c1-28-11-9-23(10-12-28)34-24-6-7-25-26(16-24)33-15-14-30(27(25)32)19-22(31)18-29-13-8-20-4-2-3-5-21(20)17-29/h2-7,16,22-23,31H,8-15,17-19H2,1H3/t22-/m1/s1. The highest BCUT2D eigenvalue weighted by molar-refractivity contribution is 5.97. The van der Waals surface area contributed by atoms with Gasteiger partial charge in [0.15, 0.2) is 0 Å². The van der Waals surface area contributed by atoms with Gasteiger partial charge in [0.1, 0.15) is 24.2 Å². The number of amides is 1. The SMILES string of the molecule is CN1CCC(Oc2ccc3c(c2)OCCN(C[C@H](O)CN2CCc4ccccc4C2)C3=O)CC1. The number of rotatable bonds is 6. The number of carbonyl (C=O) groups is 1. The average Bonchev–Trinajstić information content (AvgIpc) is 2.99. The summed E-state index contributed by atoms with van der Waals surface area (Å²) in [6.07, 6.45) is 2.59. The molecule has 3 heterocycles. The fourth-order valence-corrected chi connectivity index (χ4v) is 5.20. The molecule has 1 atom stereocenters. The Morgan fingerprint density at radius 2 is 1.85 bits per heavy atom. The zero-order chi connectivity index (χ0) is 23.5. The largest absolute Gasteiger partial charge is 0.491 e. The summed E-state index contributed by atoms with van der Waals surface area (Å²) in [7, 11) is 2.13. The quantitative estimate of drug-likeness (QED) is 0.707. The molecule has 1 fully saturated rings. The number of piperidine rings is 1. The lowest BCUT2D eigenvalue weighted by atomic mass is 10.00. The van der Waals surface area contributed by atoms with E-state index in [-0.39, 0.29) is 12.0 Å². The zero-order valence-corrected chi connectivity index (χ0v) is 20.0. The minimum absolute atomic E-state index is 0.0959. The van der Waals surface area contributed by atoms with Crippen molar-refractivity contribution in [1.29, 1.82) is 0 Å². The number of aliphatic hydroxyl groups excluding tert-OH is 1. The van der Waals surface area contributed by atoms with Crippen LogP contribution >= 0.6 is 0 Å². The van der Waals surface area contributed by atoms with Crippen molar-refractivity contribution in [2.75, 3.05) is 52.9 Å². The molecule has 0 aliphatic carbocycles. The van der Waals surface area contributed by atoms with Crippen LogP contribution in [0, 0.1) is 0 Å². The topological polar surface area (TPSA) is 65.5 Å². The van der Waals surface area contributed by atoms with E-state index in [1.165, 1.54) is 11.1 Å². The highest BCUT2D eigenvalue weighted by atomic mass is 16.5. The van der Waals surface area contributed by atoms with Crippen LogP contribution in [0.1, 0.15) is 34.3 Å². The van der Waals surface area contributed by atoms with Crippen LogP contribution in [0.4, 0.5) is 0 Å². The van der Waals surface area contributed by atoms with E-state index in [1.54, 1.807) is 11.0 Å². The zero-order valence-electron chi connectivity index (χ0n) is 20.0. The molecule has 7 heteroatoms. The minimum atomic E-state index is -0.609. The lowest BCUT2D eigenvalue weighted by molar-refractivity contribution is 0.0501. The van der Waals surface area contributed by atoms with Crippen molar-refractivity contribution < 1.29 is 19.4 Å². The molecule has 182 valence electrons. The second-order valence-electron chi connectivity index (χ2n) is 9.79. The molecule has 1 amide bonds. The van der Waals surface area contributed by atoms with Gasteiger partial charge in [-0.1, -0.05) is 24.3 Å². The summed E-state index contributed by atoms with van der Waals surface area (Å²) in [5, 5.41) is 10.8. The van der Waals surface area contributed by atoms with Crippen LogP contribution in [0.15, 0.2) is 42.5 Å². The third-order valence-electron chi connectivity index (χ3n) is 7.17. The average molecular weight is 466 g/mol. The highest BCUT2D eigenvalue weighted by Gasteiger charge is 2.27. The van der Waals surface area contributed by atoms with Gasteiger partial charge in [0.05, 0.1) is 18.2 Å². The molecular formula is C27H35N3O4. The Balaban J connectivity index is 1.18. The van der Waals surface area contributed by atoms with Gasteiger partial charge in [0.2, 0.25) is 0 Å². The predicted molar refractivity (Wildman–Crippen MR) is 130 cm³/mol. The second-order valence-corrected chi connectivity index (χ2v) is 9.79. The summed E-state index contributed by atoms with van der Waals surface area (Å²) in [4.78, 5) is 19.5. The minimum Gasteiger partial charge on any atom is -0.491 e. The Morgan fingerprint density at radius 1 is 1.06 bits per heavy atom. The number of benzene rings is 2. The van der Waals surface area contributed by atoms with Crippen LogP contribution in [0.25, 0.3) is 0 Å². The summed E-state index contributed by atoms with van der Waals surface area (Å²) < 4.78 is 12.1. The summed E-state index contributed by atoms with van der Waals surface area (Å²) in [5.41, 5.74) is 3.25. The monoisotopic (exact) mass is 465 g/mol. The number of fused-ring (bicyclic) bond motifs is 2. The molecule has 0 radical (unpaired) electrons. The molecule has 5 rings (SSSR count). The number of ether oxygens (including phenoxy) is 2. The predicted octanol–water partition coefficient (Wildman–Crippen LogP) is 2.41. The van der Waals surface area contributed by atoms with Crippen molar-refractivity contribution >= 4 is 5.91 Å². The normalized spacial score (nSPS) is 20.8. The molecular weight excluding hydrogens is 430 g/mol. The van der Waals surface area contributed by atoms with Gasteiger partial charge in [-0.25, -0.2) is 0 Å². The number of hydrogen-bond acceptors (Lipinski definition) is 6. The maximum atomic E-state index is 13.2. The molecule has 3 aliphatic rings. The Labute approximate surface area is 201 Å². The third-order valence-corrected chi connectivity index (χ3v) is 7.17. The number of hydrogen-bond donors (Lipinski definition) is 1. The van der Waals surface area contributed by atoms with Gasteiger partial charge in [0.25, 0.3) is 5.91 Å². The third kappa shape index (κ3) is 5.37. The molecule has 1 N–H and O–H groups in total. The van der Waals surface area contributed by atoms with Crippen molar-refractivity contribution in [2.45, 2.75) is 38.0 Å². The molecule has 0 spiro atoms. The molecule has 0 bridgehead atoms. The molecule has 34 heavy (non-hydrogen) atoms. The van der Waals surface area contributed by atoms with Gasteiger partial charge in [0, 0.05) is 45.3 Å². The number of nitrogens with zero attached hydrogens (tertiary/aromatic N) is 3. The van der Waals surface area contributed by atoms with Gasteiger partial charge in [-0.2, -0.15) is 0 Å². The Morgan fingerprint density at radius 3 is 2.68 bits per heavy atom. The van der Waals surface area contributed by atoms with Crippen molar-refractivity contribution in [1.82, 2.24) is 14.7 Å². The fourth-order valence-electron chi connectivity index (χ4n) is 5.20. The van der Waals surface area contributed by atoms with Crippen molar-refractivity contribution in [3.63, 3.8) is 0 Å². The van der Waals surface area contributed by atoms with E-state index in [1.807, 2.05) is 12.1 Å². The van der Waals surface area contributed by atoms with Crippen LogP contribution in [0.2, 0.25) is 0 Å². The lowest BCUT2D eigenvalue weighted by Gasteiger charge is -2.32. The summed E-state index contributed by atoms with van der Waals surface area (Å²) >= 11 is 0. The Kier molecular flexibility index (Phi) is 7.04. The van der Waals surface area contributed by atoms with E-state index in [0.29, 0.717) is 37.6 Å². The van der Waals surface area contributed by atoms with Crippen LogP contribution in [0.5, 0.6) is 11.5 Å². The number of aliphatic hydroxyl groups is 1. The number of carbonyl (C=O) groups excluding carboxylic acids is 1. The maximum absolute atomic E-state index is 13.2. The Hall–Kier alpha value is -2.61. The van der Waals surface area contributed by atoms with Crippen molar-refractivity contribution in [3.05, 3.63) is 59.2 Å². The van der Waals surface area contributed by atoms with Gasteiger partial charge in [-0.15, -0.1) is 0 Å². The molecule has 0 unspecified atom stereocenters. The first-order valence-corrected chi connectivity index (χ1v) is 12.4. The van der Waals surface area contributed by atoms with Crippen LogP contribution in [-0.4, -0.2) is 90.8 Å². The van der Waals surface area contributed by atoms with E-state index < -0.39 is 6.10 Å². The molecule has 0 aromatic heterocycles. The molecule has 7 nitrogen and oxygen atoms in total. The first-order valence-electron chi connectivity index (χ1n) is 12.4. The van der Waals surface area contributed by atoms with Crippen molar-refractivity contribution in [3.8, 4) is 11.5 Å². The Bertz CT molecular complexity index is 1010. The molecule has 1 saturated heterocycles. The highest BCUT2D eigenvalue weighted by Crippen LogP contribution is 2.30. The first-order chi connectivity index (χ1) is 16.5. The summed E-state index contributed by atoms with van der Waals surface area (Å²) in [6, 6.07) is 14.0. The van der Waals surface area contributed by atoms with Gasteiger partial charge < -0.3 is 24.4 Å². The maximum Gasteiger partial charge on any atom is 0.257 e. The van der Waals surface area contributed by atoms with Gasteiger partial charge >= 0.3 is 0 Å². The lowest BCUT2D eigenvalue weighted by Crippen LogP contribution is -2.44. The first kappa shape index (κ1) is 23.1. The van der Waals surface area contributed by atoms with E-state index in [0.717, 1.165) is 51.2 Å². The van der Waals surface area contributed by atoms with E-state index >= 15 is 0 Å². The fraction of sp³-hybridized carbons (Fsp3) is 0.519. The van der Waals surface area contributed by atoms with Crippen LogP contribution < -0.4 is 9.47 Å². The van der Waals surface area contributed by atoms with Gasteiger partial charge in [-0.05, 0) is 49.6 Å².